The third-order valence-electron chi connectivity index (χ3n) is 2.99. The van der Waals surface area contributed by atoms with E-state index in [2.05, 4.69) is 0 Å². The van der Waals surface area contributed by atoms with E-state index in [1.807, 2.05) is 30.5 Å². The van der Waals surface area contributed by atoms with E-state index < -0.39 is 5.92 Å². The molecule has 1 atom stereocenters. The van der Waals surface area contributed by atoms with Gasteiger partial charge in [-0.3, -0.25) is 0 Å². The average molecular weight is 228 g/mol. The lowest BCUT2D eigenvalue weighted by atomic mass is 9.98. The summed E-state index contributed by atoms with van der Waals surface area (Å²) in [6.07, 6.45) is 2.69. The Balaban J connectivity index is 2.11. The summed E-state index contributed by atoms with van der Waals surface area (Å²) in [5.41, 5.74) is 1.06. The first kappa shape index (κ1) is 10.9. The van der Waals surface area contributed by atoms with E-state index in [-0.39, 0.29) is 18.8 Å². The Hall–Kier alpha value is -0.570. The second kappa shape index (κ2) is 4.12. The van der Waals surface area contributed by atoms with Crippen molar-refractivity contribution >= 4 is 11.8 Å². The molecule has 0 aliphatic heterocycles. The van der Waals surface area contributed by atoms with Gasteiger partial charge in [-0.25, -0.2) is 8.78 Å². The van der Waals surface area contributed by atoms with E-state index in [1.54, 1.807) is 11.8 Å². The van der Waals surface area contributed by atoms with Gasteiger partial charge in [-0.05, 0) is 36.3 Å². The molecule has 0 nitrogen and oxygen atoms in total. The SMILES string of the molecule is CSc1ccc([C@@H]2CCC(F)(F)C2)cc1. The van der Waals surface area contributed by atoms with Gasteiger partial charge in [0.05, 0.1) is 0 Å². The fraction of sp³-hybridized carbons (Fsp3) is 0.500. The van der Waals surface area contributed by atoms with Crippen LogP contribution in [0.4, 0.5) is 8.78 Å². The lowest BCUT2D eigenvalue weighted by Crippen LogP contribution is -2.09. The summed E-state index contributed by atoms with van der Waals surface area (Å²) >= 11 is 1.67. The minimum absolute atomic E-state index is 0.0195. The molecular formula is C12H14F2S. The highest BCUT2D eigenvalue weighted by Crippen LogP contribution is 2.44. The fourth-order valence-electron chi connectivity index (χ4n) is 2.11. The quantitative estimate of drug-likeness (QED) is 0.680. The van der Waals surface area contributed by atoms with Crippen molar-refractivity contribution in [3.05, 3.63) is 29.8 Å². The highest BCUT2D eigenvalue weighted by Gasteiger charge is 2.39. The van der Waals surface area contributed by atoms with Gasteiger partial charge in [-0.2, -0.15) is 0 Å². The third-order valence-corrected chi connectivity index (χ3v) is 3.73. The fourth-order valence-corrected chi connectivity index (χ4v) is 2.52. The smallest absolute Gasteiger partial charge is 0.207 e. The summed E-state index contributed by atoms with van der Waals surface area (Å²) in [4.78, 5) is 1.18. The van der Waals surface area contributed by atoms with Crippen molar-refractivity contribution in [1.82, 2.24) is 0 Å². The molecule has 0 bridgehead atoms. The molecule has 0 N–H and O–H groups in total. The van der Waals surface area contributed by atoms with Crippen molar-refractivity contribution in [2.24, 2.45) is 0 Å². The van der Waals surface area contributed by atoms with Crippen LogP contribution in [0.3, 0.4) is 0 Å². The highest BCUT2D eigenvalue weighted by atomic mass is 32.2. The van der Waals surface area contributed by atoms with Crippen LogP contribution < -0.4 is 0 Å². The molecule has 0 spiro atoms. The molecule has 1 aromatic carbocycles. The molecule has 15 heavy (non-hydrogen) atoms. The van der Waals surface area contributed by atoms with Gasteiger partial charge in [0.15, 0.2) is 0 Å². The van der Waals surface area contributed by atoms with Crippen molar-refractivity contribution < 1.29 is 8.78 Å². The molecule has 1 aromatic rings. The van der Waals surface area contributed by atoms with Crippen LogP contribution in [0.1, 0.15) is 30.7 Å². The molecule has 1 fully saturated rings. The first-order valence-electron chi connectivity index (χ1n) is 5.12. The van der Waals surface area contributed by atoms with Gasteiger partial charge in [-0.15, -0.1) is 11.8 Å². The lowest BCUT2D eigenvalue weighted by Gasteiger charge is -2.11. The van der Waals surface area contributed by atoms with Crippen LogP contribution in [0.15, 0.2) is 29.2 Å². The van der Waals surface area contributed by atoms with Gasteiger partial charge in [0.25, 0.3) is 0 Å². The van der Waals surface area contributed by atoms with Crippen LogP contribution in [0.5, 0.6) is 0 Å². The molecule has 0 heterocycles. The monoisotopic (exact) mass is 228 g/mol. The summed E-state index contributed by atoms with van der Waals surface area (Å²) < 4.78 is 26.0. The minimum atomic E-state index is -2.44. The number of rotatable bonds is 2. The topological polar surface area (TPSA) is 0 Å². The van der Waals surface area contributed by atoms with E-state index in [0.717, 1.165) is 5.56 Å². The van der Waals surface area contributed by atoms with E-state index in [9.17, 15) is 8.78 Å². The van der Waals surface area contributed by atoms with Gasteiger partial charge in [-0.1, -0.05) is 12.1 Å². The Morgan fingerprint density at radius 1 is 1.27 bits per heavy atom. The molecule has 0 saturated heterocycles. The lowest BCUT2D eigenvalue weighted by molar-refractivity contribution is 0.00777. The van der Waals surface area contributed by atoms with Crippen LogP contribution in [0, 0.1) is 0 Å². The van der Waals surface area contributed by atoms with Crippen molar-refractivity contribution in [3.63, 3.8) is 0 Å². The van der Waals surface area contributed by atoms with Crippen LogP contribution in [-0.4, -0.2) is 12.2 Å². The number of benzene rings is 1. The van der Waals surface area contributed by atoms with Gasteiger partial charge in [0, 0.05) is 17.7 Å². The van der Waals surface area contributed by atoms with Crippen LogP contribution >= 0.6 is 11.8 Å². The van der Waals surface area contributed by atoms with Crippen molar-refractivity contribution in [1.29, 1.82) is 0 Å². The second-order valence-corrected chi connectivity index (χ2v) is 4.95. The van der Waals surface area contributed by atoms with Gasteiger partial charge in [0.1, 0.15) is 0 Å². The predicted molar refractivity (Wildman–Crippen MR) is 59.8 cm³/mol. The summed E-state index contributed by atoms with van der Waals surface area (Å²) in [5.74, 6) is -2.39. The van der Waals surface area contributed by atoms with Gasteiger partial charge < -0.3 is 0 Å². The van der Waals surface area contributed by atoms with Crippen LogP contribution in [0.2, 0.25) is 0 Å². The number of halogens is 2. The summed E-state index contributed by atoms with van der Waals surface area (Å²) in [7, 11) is 0. The highest BCUT2D eigenvalue weighted by molar-refractivity contribution is 7.98. The molecule has 0 unspecified atom stereocenters. The van der Waals surface area contributed by atoms with Crippen LogP contribution in [-0.2, 0) is 0 Å². The van der Waals surface area contributed by atoms with E-state index in [4.69, 9.17) is 0 Å². The molecular weight excluding hydrogens is 214 g/mol. The number of alkyl halides is 2. The predicted octanol–water partition coefficient (Wildman–Crippen LogP) is 4.31. The van der Waals surface area contributed by atoms with Crippen molar-refractivity contribution in [2.75, 3.05) is 6.26 Å². The molecule has 3 heteroatoms. The zero-order valence-corrected chi connectivity index (χ0v) is 9.49. The number of hydrogen-bond donors (Lipinski definition) is 0. The molecule has 1 saturated carbocycles. The molecule has 0 aromatic heterocycles. The molecule has 1 aliphatic rings. The van der Waals surface area contributed by atoms with E-state index >= 15 is 0 Å². The standard InChI is InChI=1S/C12H14F2S/c1-15-11-4-2-9(3-5-11)10-6-7-12(13,14)8-10/h2-5,10H,6-8H2,1H3/t10-/m1/s1. The Morgan fingerprint density at radius 2 is 1.93 bits per heavy atom. The largest absolute Gasteiger partial charge is 0.248 e. The van der Waals surface area contributed by atoms with Gasteiger partial charge >= 0.3 is 0 Å². The molecule has 0 amide bonds. The van der Waals surface area contributed by atoms with E-state index in [0.29, 0.717) is 6.42 Å². The Bertz CT molecular complexity index is 332. The molecule has 1 aliphatic carbocycles. The molecule has 0 radical (unpaired) electrons. The first-order valence-corrected chi connectivity index (χ1v) is 6.35. The first-order chi connectivity index (χ1) is 7.11. The van der Waals surface area contributed by atoms with Crippen molar-refractivity contribution in [2.45, 2.75) is 36.0 Å². The maximum Gasteiger partial charge on any atom is 0.248 e. The van der Waals surface area contributed by atoms with Gasteiger partial charge in [0.2, 0.25) is 5.92 Å². The number of thioether (sulfide) groups is 1. The zero-order chi connectivity index (χ0) is 10.9. The Kier molecular flexibility index (Phi) is 3.01. The molecule has 82 valence electrons. The molecule has 2 rings (SSSR count). The second-order valence-electron chi connectivity index (χ2n) is 4.07. The number of hydrogen-bond acceptors (Lipinski definition) is 1. The summed E-state index contributed by atoms with van der Waals surface area (Å²) in [6, 6.07) is 7.99. The maximum atomic E-state index is 13.0. The van der Waals surface area contributed by atoms with Crippen molar-refractivity contribution in [3.8, 4) is 0 Å². The van der Waals surface area contributed by atoms with E-state index in [1.165, 1.54) is 4.90 Å². The Morgan fingerprint density at radius 3 is 2.40 bits per heavy atom. The summed E-state index contributed by atoms with van der Waals surface area (Å²) in [5, 5.41) is 0. The zero-order valence-electron chi connectivity index (χ0n) is 8.67. The van der Waals surface area contributed by atoms with Crippen LogP contribution in [0.25, 0.3) is 0 Å². The average Bonchev–Trinajstić information content (AvgIpc) is 2.59. The minimum Gasteiger partial charge on any atom is -0.207 e. The summed E-state index contributed by atoms with van der Waals surface area (Å²) in [6.45, 7) is 0. The Labute approximate surface area is 93.1 Å². The maximum absolute atomic E-state index is 13.0. The third kappa shape index (κ3) is 2.51. The normalized spacial score (nSPS) is 24.3.